The van der Waals surface area contributed by atoms with Crippen LogP contribution >= 0.6 is 11.3 Å². The Morgan fingerprint density at radius 2 is 2.21 bits per heavy atom. The normalized spacial score (nSPS) is 12.3. The molecule has 8 nitrogen and oxygen atoms in total. The monoisotopic (exact) mass is 410 g/mol. The van der Waals surface area contributed by atoms with E-state index in [1.807, 2.05) is 24.4 Å². The van der Waals surface area contributed by atoms with Crippen molar-refractivity contribution in [3.05, 3.63) is 48.5 Å². The van der Waals surface area contributed by atoms with Crippen LogP contribution in [0, 0.1) is 5.92 Å². The minimum Gasteiger partial charge on any atom is -0.383 e. The first kappa shape index (κ1) is 19.3. The van der Waals surface area contributed by atoms with Gasteiger partial charge in [0.2, 0.25) is 5.91 Å². The molecule has 4 aromatic rings. The summed E-state index contributed by atoms with van der Waals surface area (Å²) in [4.78, 5) is 21.0. The number of amides is 1. The Hall–Kier alpha value is -3.04. The van der Waals surface area contributed by atoms with Crippen molar-refractivity contribution in [2.45, 2.75) is 20.0 Å². The number of methoxy groups -OCH3 is 1. The van der Waals surface area contributed by atoms with Gasteiger partial charge in [0.25, 0.3) is 0 Å². The van der Waals surface area contributed by atoms with Crippen molar-refractivity contribution in [3.8, 4) is 11.3 Å². The number of carbonyl (C=O) groups excluding carboxylic acids is 1. The van der Waals surface area contributed by atoms with E-state index >= 15 is 0 Å². The second-order valence-corrected chi connectivity index (χ2v) is 7.65. The topological polar surface area (TPSA) is 86.9 Å². The number of hydrogen-bond donors (Lipinski definition) is 1. The number of nitrogens with zero attached hydrogens (tertiary/aromatic N) is 5. The zero-order chi connectivity index (χ0) is 20.2. The zero-order valence-electron chi connectivity index (χ0n) is 16.3. The van der Waals surface area contributed by atoms with E-state index in [0.29, 0.717) is 18.3 Å². The molecule has 0 aliphatic heterocycles. The Kier molecular flexibility index (Phi) is 5.68. The molecule has 0 radical (unpaired) electrons. The third-order valence-corrected chi connectivity index (χ3v) is 5.47. The molecule has 1 amide bonds. The Bertz CT molecular complexity index is 1100. The maximum atomic E-state index is 12.5. The molecule has 0 saturated heterocycles. The summed E-state index contributed by atoms with van der Waals surface area (Å²) in [6.45, 7) is 3.73. The van der Waals surface area contributed by atoms with Gasteiger partial charge in [-0.25, -0.2) is 9.97 Å². The predicted molar refractivity (Wildman–Crippen MR) is 113 cm³/mol. The van der Waals surface area contributed by atoms with E-state index in [1.165, 1.54) is 17.7 Å². The zero-order valence-corrected chi connectivity index (χ0v) is 17.1. The van der Waals surface area contributed by atoms with Crippen molar-refractivity contribution >= 4 is 33.3 Å². The van der Waals surface area contributed by atoms with Crippen molar-refractivity contribution in [1.82, 2.24) is 24.3 Å². The average molecular weight is 411 g/mol. The molecule has 3 heterocycles. The summed E-state index contributed by atoms with van der Waals surface area (Å²) in [5, 5.41) is 10.6. The first-order chi connectivity index (χ1) is 14.2. The van der Waals surface area contributed by atoms with Crippen LogP contribution in [-0.2, 0) is 22.6 Å². The van der Waals surface area contributed by atoms with E-state index < -0.39 is 0 Å². The fraction of sp³-hybridized carbons (Fsp3) is 0.300. The molecule has 0 spiro atoms. The minimum atomic E-state index is -0.250. The van der Waals surface area contributed by atoms with Gasteiger partial charge in [-0.2, -0.15) is 5.10 Å². The second kappa shape index (κ2) is 8.54. The summed E-state index contributed by atoms with van der Waals surface area (Å²) in [7, 11) is 1.70. The number of fused-ring (bicyclic) bond motifs is 1. The quantitative estimate of drug-likeness (QED) is 0.482. The number of rotatable bonds is 8. The van der Waals surface area contributed by atoms with Crippen LogP contribution < -0.4 is 5.32 Å². The molecule has 1 N–H and O–H groups in total. The van der Waals surface area contributed by atoms with Gasteiger partial charge in [-0.1, -0.05) is 25.1 Å². The van der Waals surface area contributed by atoms with Gasteiger partial charge in [-0.05, 0) is 6.07 Å². The Balaban J connectivity index is 1.52. The molecule has 1 aromatic carbocycles. The SMILES string of the molecule is COCCn1cc(-c2csc(NC(=O)[C@@H](C)Cn3cncn3)n2)c2ccccc21. The van der Waals surface area contributed by atoms with E-state index in [-0.39, 0.29) is 11.8 Å². The molecule has 1 atom stereocenters. The number of nitrogens with one attached hydrogen (secondary N) is 1. The van der Waals surface area contributed by atoms with Gasteiger partial charge in [0.1, 0.15) is 12.7 Å². The van der Waals surface area contributed by atoms with Crippen LogP contribution in [0.5, 0.6) is 0 Å². The van der Waals surface area contributed by atoms with Crippen LogP contribution in [0.25, 0.3) is 22.2 Å². The van der Waals surface area contributed by atoms with Crippen molar-refractivity contribution in [2.75, 3.05) is 19.0 Å². The summed E-state index contributed by atoms with van der Waals surface area (Å²) < 4.78 is 9.04. The number of anilines is 1. The molecule has 0 aliphatic rings. The Labute approximate surface area is 172 Å². The number of ether oxygens (including phenoxy) is 1. The molecule has 0 bridgehead atoms. The Morgan fingerprint density at radius 3 is 3.00 bits per heavy atom. The highest BCUT2D eigenvalue weighted by Crippen LogP contribution is 2.32. The lowest BCUT2D eigenvalue weighted by molar-refractivity contribution is -0.119. The van der Waals surface area contributed by atoms with Gasteiger partial charge < -0.3 is 14.6 Å². The highest BCUT2D eigenvalue weighted by atomic mass is 32.1. The number of aromatic nitrogens is 5. The maximum Gasteiger partial charge on any atom is 0.230 e. The first-order valence-electron chi connectivity index (χ1n) is 9.31. The lowest BCUT2D eigenvalue weighted by atomic mass is 10.1. The first-order valence-corrected chi connectivity index (χ1v) is 10.2. The molecular formula is C20H22N6O2S. The van der Waals surface area contributed by atoms with Crippen molar-refractivity contribution in [2.24, 2.45) is 5.92 Å². The maximum absolute atomic E-state index is 12.5. The van der Waals surface area contributed by atoms with Gasteiger partial charge in [-0.3, -0.25) is 9.48 Å². The predicted octanol–water partition coefficient (Wildman–Crippen LogP) is 3.28. The molecule has 0 aliphatic carbocycles. The molecule has 9 heteroatoms. The number of thiazole rings is 1. The smallest absolute Gasteiger partial charge is 0.230 e. The standard InChI is InChI=1S/C20H22N6O2S/c1-14(9-26-13-21-12-22-26)19(27)24-20-23-17(11-29-20)16-10-25(7-8-28-2)18-6-4-3-5-15(16)18/h3-6,10-14H,7-9H2,1-2H3,(H,23,24,27)/t14-/m0/s1. The minimum absolute atomic E-state index is 0.0936. The highest BCUT2D eigenvalue weighted by Gasteiger charge is 2.17. The fourth-order valence-corrected chi connectivity index (χ4v) is 3.91. The average Bonchev–Trinajstić information content (AvgIpc) is 3.46. The molecule has 150 valence electrons. The van der Waals surface area contributed by atoms with E-state index in [4.69, 9.17) is 4.74 Å². The molecule has 29 heavy (non-hydrogen) atoms. The largest absolute Gasteiger partial charge is 0.383 e. The summed E-state index contributed by atoms with van der Waals surface area (Å²) in [6.07, 6.45) is 5.16. The van der Waals surface area contributed by atoms with Gasteiger partial charge in [0.15, 0.2) is 5.13 Å². The molecule has 0 saturated carbocycles. The van der Waals surface area contributed by atoms with Gasteiger partial charge >= 0.3 is 0 Å². The van der Waals surface area contributed by atoms with Gasteiger partial charge in [0.05, 0.1) is 24.8 Å². The van der Waals surface area contributed by atoms with Crippen molar-refractivity contribution in [3.63, 3.8) is 0 Å². The third-order valence-electron chi connectivity index (χ3n) is 4.71. The van der Waals surface area contributed by atoms with Crippen LogP contribution in [0.4, 0.5) is 5.13 Å². The number of para-hydroxylation sites is 1. The Morgan fingerprint density at radius 1 is 1.34 bits per heavy atom. The molecular weight excluding hydrogens is 388 g/mol. The molecule has 3 aromatic heterocycles. The van der Waals surface area contributed by atoms with E-state index in [0.717, 1.165) is 28.7 Å². The number of benzene rings is 1. The second-order valence-electron chi connectivity index (χ2n) is 6.79. The summed E-state index contributed by atoms with van der Waals surface area (Å²) >= 11 is 1.42. The highest BCUT2D eigenvalue weighted by molar-refractivity contribution is 7.14. The van der Waals surface area contributed by atoms with Crippen molar-refractivity contribution < 1.29 is 9.53 Å². The van der Waals surface area contributed by atoms with E-state index in [1.54, 1.807) is 18.1 Å². The van der Waals surface area contributed by atoms with Crippen LogP contribution in [0.3, 0.4) is 0 Å². The van der Waals surface area contributed by atoms with Gasteiger partial charge in [-0.15, -0.1) is 11.3 Å². The third kappa shape index (κ3) is 4.20. The summed E-state index contributed by atoms with van der Waals surface area (Å²) in [6, 6.07) is 8.23. The molecule has 0 fully saturated rings. The van der Waals surface area contributed by atoms with Gasteiger partial charge in [0, 0.05) is 41.7 Å². The van der Waals surface area contributed by atoms with E-state index in [9.17, 15) is 4.79 Å². The lowest BCUT2D eigenvalue weighted by Crippen LogP contribution is -2.24. The molecule has 0 unspecified atom stereocenters. The summed E-state index contributed by atoms with van der Waals surface area (Å²) in [5.74, 6) is -0.344. The van der Waals surface area contributed by atoms with Crippen LogP contribution in [0.1, 0.15) is 6.92 Å². The fourth-order valence-electron chi connectivity index (χ4n) is 3.20. The lowest BCUT2D eigenvalue weighted by Gasteiger charge is -2.10. The van der Waals surface area contributed by atoms with Crippen LogP contribution in [-0.4, -0.2) is 43.9 Å². The van der Waals surface area contributed by atoms with E-state index in [2.05, 4.69) is 43.3 Å². The molecule has 4 rings (SSSR count). The summed E-state index contributed by atoms with van der Waals surface area (Å²) in [5.41, 5.74) is 3.03. The van der Waals surface area contributed by atoms with Crippen LogP contribution in [0.15, 0.2) is 48.5 Å². The van der Waals surface area contributed by atoms with Crippen LogP contribution in [0.2, 0.25) is 0 Å². The number of carbonyl (C=O) groups is 1. The number of hydrogen-bond acceptors (Lipinski definition) is 6. The van der Waals surface area contributed by atoms with Crippen molar-refractivity contribution in [1.29, 1.82) is 0 Å².